The van der Waals surface area contributed by atoms with Gasteiger partial charge in [-0.25, -0.2) is 0 Å². The fourth-order valence-corrected chi connectivity index (χ4v) is 5.90. The number of carbonyl (C=O) groups is 1. The molecule has 1 aliphatic carbocycles. The molecule has 30 heavy (non-hydrogen) atoms. The fourth-order valence-electron chi connectivity index (χ4n) is 4.10. The van der Waals surface area contributed by atoms with Gasteiger partial charge >= 0.3 is 181 Å². The van der Waals surface area contributed by atoms with E-state index >= 15 is 0 Å². The molecular weight excluding hydrogens is 511 g/mol. The second-order valence-corrected chi connectivity index (χ2v) is 11.9. The van der Waals surface area contributed by atoms with Gasteiger partial charge in [0, 0.05) is 0 Å². The van der Waals surface area contributed by atoms with Gasteiger partial charge in [0.1, 0.15) is 0 Å². The Kier molecular flexibility index (Phi) is 5.32. The van der Waals surface area contributed by atoms with E-state index in [2.05, 4.69) is 17.2 Å². The topological polar surface area (TPSA) is 41.6 Å². The van der Waals surface area contributed by atoms with Gasteiger partial charge < -0.3 is 4.74 Å². The van der Waals surface area contributed by atoms with Crippen LogP contribution in [0, 0.1) is 17.8 Å². The number of carbonyl (C=O) groups excluding carboxylic acids is 1. The molecular formula is C24H23ClIN2O2-. The summed E-state index contributed by atoms with van der Waals surface area (Å²) in [6, 6.07) is 13.6. The van der Waals surface area contributed by atoms with Gasteiger partial charge in [-0.05, 0) is 0 Å². The number of benzene rings is 2. The normalized spacial score (nSPS) is 25.1. The van der Waals surface area contributed by atoms with Crippen molar-refractivity contribution in [3.05, 3.63) is 58.6 Å². The second kappa shape index (κ2) is 7.97. The number of methoxy groups -OCH3 is 1. The predicted molar refractivity (Wildman–Crippen MR) is 115 cm³/mol. The Balaban J connectivity index is 1.55. The molecule has 6 heteroatoms. The Morgan fingerprint density at radius 3 is 2.63 bits per heavy atom. The van der Waals surface area contributed by atoms with E-state index in [4.69, 9.17) is 16.3 Å². The van der Waals surface area contributed by atoms with Crippen molar-refractivity contribution < 1.29 is 30.7 Å². The Labute approximate surface area is 192 Å². The van der Waals surface area contributed by atoms with Gasteiger partial charge in [-0.1, -0.05) is 0 Å². The third-order valence-corrected chi connectivity index (χ3v) is 9.48. The molecule has 156 valence electrons. The zero-order chi connectivity index (χ0) is 20.7. The molecule has 1 saturated heterocycles. The Morgan fingerprint density at radius 1 is 1.23 bits per heavy atom. The summed E-state index contributed by atoms with van der Waals surface area (Å²) in [4.78, 5) is 15.1. The number of ether oxygens (including phenoxy) is 1. The first kappa shape index (κ1) is 20.0. The molecule has 3 aliphatic rings. The fraction of sp³-hybridized carbons (Fsp3) is 0.375. The summed E-state index contributed by atoms with van der Waals surface area (Å²) in [5, 5.41) is 3.99. The van der Waals surface area contributed by atoms with Crippen LogP contribution in [0.5, 0.6) is 5.75 Å². The van der Waals surface area contributed by atoms with Crippen LogP contribution in [0.15, 0.2) is 42.5 Å². The van der Waals surface area contributed by atoms with E-state index in [1.54, 1.807) is 12.0 Å². The molecule has 1 N–H and O–H groups in total. The molecule has 2 heterocycles. The van der Waals surface area contributed by atoms with Crippen molar-refractivity contribution in [2.75, 3.05) is 16.4 Å². The average Bonchev–Trinajstić information content (AvgIpc) is 3.56. The Morgan fingerprint density at radius 2 is 2.00 bits per heavy atom. The molecule has 0 radical (unpaired) electrons. The number of hydrogen-bond acceptors (Lipinski definition) is 2. The summed E-state index contributed by atoms with van der Waals surface area (Å²) >= 11 is 6.63. The van der Waals surface area contributed by atoms with Crippen molar-refractivity contribution in [1.29, 1.82) is 0 Å². The van der Waals surface area contributed by atoms with Crippen LogP contribution in [-0.4, -0.2) is 21.5 Å². The number of halogens is 2. The maximum absolute atomic E-state index is 13.3. The van der Waals surface area contributed by atoms with Crippen molar-refractivity contribution in [3.8, 4) is 17.6 Å². The van der Waals surface area contributed by atoms with Gasteiger partial charge in [-0.3, -0.25) is 0 Å². The van der Waals surface area contributed by atoms with Gasteiger partial charge in [-0.2, -0.15) is 0 Å². The molecule has 2 aromatic rings. The number of nitrogens with zero attached hydrogens (tertiary/aromatic N) is 1. The molecule has 2 unspecified atom stereocenters. The quantitative estimate of drug-likeness (QED) is 0.368. The molecule has 0 aromatic heterocycles. The van der Waals surface area contributed by atoms with Crippen LogP contribution in [0.2, 0.25) is 5.02 Å². The zero-order valence-corrected chi connectivity index (χ0v) is 19.7. The van der Waals surface area contributed by atoms with Crippen LogP contribution >= 0.6 is 11.6 Å². The van der Waals surface area contributed by atoms with Crippen LogP contribution < -0.4 is 36.2 Å². The summed E-state index contributed by atoms with van der Waals surface area (Å²) in [5.41, 5.74) is 2.36. The summed E-state index contributed by atoms with van der Waals surface area (Å²) in [5.74, 6) is 8.23. The molecule has 1 saturated carbocycles. The third-order valence-electron chi connectivity index (χ3n) is 6.00. The van der Waals surface area contributed by atoms with Gasteiger partial charge in [0.15, 0.2) is 0 Å². The van der Waals surface area contributed by atoms with E-state index < -0.39 is 5.54 Å². The minimum atomic E-state index is -0.618. The molecule has 2 aromatic carbocycles. The first-order chi connectivity index (χ1) is 14.6. The molecule has 2 fully saturated rings. The van der Waals surface area contributed by atoms with Crippen LogP contribution in [0.4, 0.5) is 10.5 Å². The van der Waals surface area contributed by atoms with E-state index in [1.807, 2.05) is 42.5 Å². The standard InChI is InChI=1S/C24H23ClIN2O2/c1-30-20-7-2-16(3-8-20)15-28-22-9-6-18(25)14-21(22)24(17-4-5-17,27-23(28)29)12-10-19-11-13-26-19/h2-3,6-9,14,17,19H,4-5,11,13,15H2,1H3,(H,27,29)/q-1. The van der Waals surface area contributed by atoms with E-state index in [0.717, 1.165) is 35.4 Å². The SMILES string of the molecule is COc1ccc(CN2C(=O)NC(C#CC3CC[I-]3)(C3CC3)c3cc(Cl)ccc32)cc1. The van der Waals surface area contributed by atoms with Gasteiger partial charge in [0.25, 0.3) is 0 Å². The summed E-state index contributed by atoms with van der Waals surface area (Å²) in [6.07, 6.45) is 3.37. The number of hydrogen-bond donors (Lipinski definition) is 1. The van der Waals surface area contributed by atoms with E-state index in [-0.39, 0.29) is 27.2 Å². The second-order valence-electron chi connectivity index (χ2n) is 7.98. The average molecular weight is 534 g/mol. The van der Waals surface area contributed by atoms with Crippen molar-refractivity contribution in [2.45, 2.75) is 35.3 Å². The predicted octanol–water partition coefficient (Wildman–Crippen LogP) is 1.55. The van der Waals surface area contributed by atoms with Crippen LogP contribution in [0.25, 0.3) is 0 Å². The molecule has 2 amide bonds. The van der Waals surface area contributed by atoms with Crippen molar-refractivity contribution in [3.63, 3.8) is 0 Å². The van der Waals surface area contributed by atoms with Gasteiger partial charge in [-0.15, -0.1) is 0 Å². The first-order valence-corrected chi connectivity index (χ1v) is 13.4. The van der Waals surface area contributed by atoms with Crippen molar-refractivity contribution >= 4 is 23.3 Å². The number of fused-ring (bicyclic) bond motifs is 1. The number of rotatable bonds is 4. The van der Waals surface area contributed by atoms with Crippen molar-refractivity contribution in [2.24, 2.45) is 5.92 Å². The molecule has 4 nitrogen and oxygen atoms in total. The monoisotopic (exact) mass is 533 g/mol. The first-order valence-electron chi connectivity index (χ1n) is 10.2. The molecule has 2 aliphatic heterocycles. The van der Waals surface area contributed by atoms with Crippen molar-refractivity contribution in [1.82, 2.24) is 5.32 Å². The summed E-state index contributed by atoms with van der Waals surface area (Å²) in [7, 11) is 1.65. The Hall–Kier alpha value is -1.91. The van der Waals surface area contributed by atoms with Gasteiger partial charge in [0.05, 0.1) is 7.11 Å². The summed E-state index contributed by atoms with van der Waals surface area (Å²) < 4.78 is 7.18. The van der Waals surface area contributed by atoms with E-state index in [0.29, 0.717) is 21.4 Å². The maximum atomic E-state index is 13.3. The minimum absolute atomic E-state index is 0.0925. The number of amides is 2. The Bertz CT molecular complexity index is 1040. The number of urea groups is 1. The molecule has 5 rings (SSSR count). The molecule has 0 bridgehead atoms. The summed E-state index contributed by atoms with van der Waals surface area (Å²) in [6.45, 7) is 0.479. The van der Waals surface area contributed by atoms with E-state index in [9.17, 15) is 4.79 Å². The van der Waals surface area contributed by atoms with Crippen LogP contribution in [0.3, 0.4) is 0 Å². The molecule has 0 spiro atoms. The number of anilines is 1. The van der Waals surface area contributed by atoms with E-state index in [1.165, 1.54) is 10.8 Å². The number of nitrogens with one attached hydrogen (secondary N) is 1. The number of alkyl halides is 2. The molecule has 2 atom stereocenters. The van der Waals surface area contributed by atoms with Crippen LogP contribution in [-0.2, 0) is 12.1 Å². The van der Waals surface area contributed by atoms with Gasteiger partial charge in [0.2, 0.25) is 0 Å². The zero-order valence-electron chi connectivity index (χ0n) is 16.8. The third kappa shape index (κ3) is 3.65. The van der Waals surface area contributed by atoms with Crippen LogP contribution in [0.1, 0.15) is 30.4 Å².